The highest BCUT2D eigenvalue weighted by Gasteiger charge is 2.32. The van der Waals surface area contributed by atoms with Crippen LogP contribution in [-0.4, -0.2) is 89.0 Å². The number of imidazole rings is 2. The van der Waals surface area contributed by atoms with E-state index < -0.39 is 29.3 Å². The number of Topliss-reactive ketones (excluding diaryl/α,β-unsaturated/α-hetero) is 1. The number of alkyl halides is 6. The van der Waals surface area contributed by atoms with E-state index in [0.29, 0.717) is 0 Å². The van der Waals surface area contributed by atoms with E-state index in [-0.39, 0.29) is 57.8 Å². The van der Waals surface area contributed by atoms with E-state index in [2.05, 4.69) is 9.97 Å². The van der Waals surface area contributed by atoms with Gasteiger partial charge in [0.05, 0.1) is 11.1 Å². The number of allylic oxidation sites excluding steroid dienone is 1. The molecule has 4 heterocycles. The zero-order valence-corrected chi connectivity index (χ0v) is 30.1. The molecule has 0 amide bonds. The van der Waals surface area contributed by atoms with Gasteiger partial charge in [-0.15, -0.1) is 0 Å². The van der Waals surface area contributed by atoms with Gasteiger partial charge >= 0.3 is 24.0 Å². The third-order valence-corrected chi connectivity index (χ3v) is 7.37. The third-order valence-electron chi connectivity index (χ3n) is 7.37. The van der Waals surface area contributed by atoms with Crippen molar-refractivity contribution in [2.24, 2.45) is 0 Å². The van der Waals surface area contributed by atoms with Gasteiger partial charge in [0, 0.05) is 71.0 Å². The fourth-order valence-electron chi connectivity index (χ4n) is 5.05. The van der Waals surface area contributed by atoms with Gasteiger partial charge in [0.15, 0.2) is 5.78 Å². The van der Waals surface area contributed by atoms with E-state index in [1.54, 1.807) is 39.4 Å². The maximum atomic E-state index is 13.0. The van der Waals surface area contributed by atoms with Crippen LogP contribution in [0.3, 0.4) is 0 Å². The van der Waals surface area contributed by atoms with Crippen LogP contribution >= 0.6 is 0 Å². The fourth-order valence-corrected chi connectivity index (χ4v) is 5.05. The van der Waals surface area contributed by atoms with Crippen molar-refractivity contribution in [1.82, 2.24) is 28.6 Å². The third kappa shape index (κ3) is 9.63. The monoisotopic (exact) mass is 762 g/mol. The molecule has 0 saturated heterocycles. The molecule has 288 valence electrons. The van der Waals surface area contributed by atoms with Crippen molar-refractivity contribution in [2.75, 3.05) is 42.4 Å². The number of oxazole rings is 2. The molecular weight excluding hydrogens is 726 g/mol. The number of hydrogen-bond acceptors (Lipinski definition) is 10. The van der Waals surface area contributed by atoms with Crippen LogP contribution in [0.2, 0.25) is 0 Å². The van der Waals surface area contributed by atoms with Crippen LogP contribution in [-0.2, 0) is 21.8 Å². The van der Waals surface area contributed by atoms with Gasteiger partial charge in [-0.2, -0.15) is 36.3 Å². The lowest BCUT2D eigenvalue weighted by atomic mass is 10.0. The molecule has 12 nitrogen and oxygen atoms in total. The number of ether oxygens (including phenoxy) is 2. The summed E-state index contributed by atoms with van der Waals surface area (Å²) in [5.74, 6) is -0.409. The van der Waals surface area contributed by atoms with E-state index in [4.69, 9.17) is 18.3 Å². The predicted octanol–water partition coefficient (Wildman–Crippen LogP) is 7.81. The Morgan fingerprint density at radius 3 is 1.57 bits per heavy atom. The van der Waals surface area contributed by atoms with Crippen molar-refractivity contribution in [2.45, 2.75) is 25.7 Å². The van der Waals surface area contributed by atoms with E-state index >= 15 is 0 Å². The number of methoxy groups -OCH3 is 2. The van der Waals surface area contributed by atoms with Gasteiger partial charge < -0.3 is 23.2 Å². The van der Waals surface area contributed by atoms with E-state index in [9.17, 15) is 35.9 Å². The van der Waals surface area contributed by atoms with Gasteiger partial charge in [-0.3, -0.25) is 23.3 Å². The first-order valence-corrected chi connectivity index (χ1v) is 15.8. The molecule has 6 rings (SSSR count). The first kappa shape index (κ1) is 41.0. The minimum Gasteiger partial charge on any atom is -0.432 e. The molecule has 18 heteroatoms. The van der Waals surface area contributed by atoms with Crippen molar-refractivity contribution in [3.63, 3.8) is 0 Å². The summed E-state index contributed by atoms with van der Waals surface area (Å²) in [5, 5.41) is 0. The zero-order chi connectivity index (χ0) is 40.0. The Morgan fingerprint density at radius 2 is 1.20 bits per heavy atom. The normalized spacial score (nSPS) is 12.0. The number of carbonyl (C=O) groups is 2. The lowest BCUT2D eigenvalue weighted by molar-refractivity contribution is -0.179. The summed E-state index contributed by atoms with van der Waals surface area (Å²) >= 11 is 0. The number of benzene rings is 2. The summed E-state index contributed by atoms with van der Waals surface area (Å²) in [7, 11) is 10.5. The number of aromatic nitrogens is 4. The Hall–Kier alpha value is -5.72. The van der Waals surface area contributed by atoms with Crippen molar-refractivity contribution in [1.29, 1.82) is 0 Å². The standard InChI is InChI=1S/C17H14F3N3O2.C14H9F3N2O2.C5H13NO2/c1-22(2)7-6-13(24)15-14(21-16-23(15)8-9-25-16)11-4-3-5-12(10-11)17(18,19)20;1-8(20)12-11(18-13-19(12)5-6-21-13)9-3-2-4-10(7-9)14(15,16)17;1-6(2)5(7-3)8-4/h3-10H,1-2H3;2-7H,1H3;5H,1-4H3. The van der Waals surface area contributed by atoms with E-state index in [1.807, 2.05) is 19.0 Å². The van der Waals surface area contributed by atoms with Gasteiger partial charge in [0.2, 0.25) is 12.2 Å². The van der Waals surface area contributed by atoms with Crippen molar-refractivity contribution < 1.29 is 54.2 Å². The van der Waals surface area contributed by atoms with E-state index in [0.717, 1.165) is 24.3 Å². The first-order valence-electron chi connectivity index (χ1n) is 15.8. The summed E-state index contributed by atoms with van der Waals surface area (Å²) < 4.78 is 100. The number of halogens is 6. The van der Waals surface area contributed by atoms with Gasteiger partial charge in [0.25, 0.3) is 0 Å². The Labute approximate surface area is 304 Å². The number of ketones is 2. The zero-order valence-electron chi connectivity index (χ0n) is 30.1. The quantitative estimate of drug-likeness (QED) is 0.0625. The molecule has 0 aliphatic carbocycles. The molecule has 0 saturated carbocycles. The van der Waals surface area contributed by atoms with Crippen LogP contribution in [0.1, 0.15) is 39.0 Å². The molecule has 0 N–H and O–H groups in total. The Morgan fingerprint density at radius 1 is 0.759 bits per heavy atom. The van der Waals surface area contributed by atoms with Crippen LogP contribution in [0.15, 0.2) is 94.6 Å². The largest absolute Gasteiger partial charge is 0.432 e. The van der Waals surface area contributed by atoms with Crippen LogP contribution < -0.4 is 0 Å². The van der Waals surface area contributed by atoms with Gasteiger partial charge in [0.1, 0.15) is 35.3 Å². The number of nitrogens with zero attached hydrogens (tertiary/aromatic N) is 6. The Kier molecular flexibility index (Phi) is 12.9. The van der Waals surface area contributed by atoms with Crippen LogP contribution in [0.5, 0.6) is 0 Å². The predicted molar refractivity (Wildman–Crippen MR) is 184 cm³/mol. The summed E-state index contributed by atoms with van der Waals surface area (Å²) in [4.78, 5) is 36.1. The topological polar surface area (TPSA) is 120 Å². The average molecular weight is 763 g/mol. The minimum absolute atomic E-state index is 0.133. The maximum absolute atomic E-state index is 13.0. The number of rotatable bonds is 9. The van der Waals surface area contributed by atoms with Gasteiger partial charge in [-0.1, -0.05) is 24.3 Å². The Balaban J connectivity index is 0.000000203. The summed E-state index contributed by atoms with van der Waals surface area (Å²) in [6.45, 7) is 1.33. The summed E-state index contributed by atoms with van der Waals surface area (Å²) in [6, 6.07) is 9.38. The molecule has 0 aliphatic rings. The molecule has 0 unspecified atom stereocenters. The molecule has 0 radical (unpaired) electrons. The average Bonchev–Trinajstić information content (AvgIpc) is 3.89. The highest BCUT2D eigenvalue weighted by atomic mass is 19.4. The van der Waals surface area contributed by atoms with Gasteiger partial charge in [-0.25, -0.2) is 0 Å². The molecule has 0 bridgehead atoms. The molecule has 0 aliphatic heterocycles. The number of hydrogen-bond donors (Lipinski definition) is 0. The smallest absolute Gasteiger partial charge is 0.416 e. The molecule has 54 heavy (non-hydrogen) atoms. The second-order valence-corrected chi connectivity index (χ2v) is 11.8. The molecule has 6 aromatic rings. The molecule has 0 fully saturated rings. The van der Waals surface area contributed by atoms with Crippen molar-refractivity contribution in [3.05, 3.63) is 108 Å². The fraction of sp³-hybridized carbons (Fsp3) is 0.278. The Bertz CT molecular complexity index is 2220. The first-order chi connectivity index (χ1) is 25.4. The van der Waals surface area contributed by atoms with Crippen LogP contribution in [0, 0.1) is 0 Å². The molecule has 0 spiro atoms. The maximum Gasteiger partial charge on any atom is 0.416 e. The molecule has 2 aromatic carbocycles. The van der Waals surface area contributed by atoms with Gasteiger partial charge in [-0.05, 0) is 38.4 Å². The lowest BCUT2D eigenvalue weighted by Gasteiger charge is -2.19. The van der Waals surface area contributed by atoms with Crippen LogP contribution in [0.25, 0.3) is 34.2 Å². The second kappa shape index (κ2) is 17.0. The minimum atomic E-state index is -4.48. The second-order valence-electron chi connectivity index (χ2n) is 11.8. The number of fused-ring (bicyclic) bond motifs is 2. The summed E-state index contributed by atoms with van der Waals surface area (Å²) in [5.41, 5.74) is -0.550. The molecule has 4 aromatic heterocycles. The lowest BCUT2D eigenvalue weighted by Crippen LogP contribution is -2.30. The summed E-state index contributed by atoms with van der Waals surface area (Å²) in [6.07, 6.45) is -0.572. The van der Waals surface area contributed by atoms with E-state index in [1.165, 1.54) is 71.0 Å². The molecule has 0 atom stereocenters. The van der Waals surface area contributed by atoms with Crippen LogP contribution in [0.4, 0.5) is 26.3 Å². The molecular formula is C36H36F6N6O6. The highest BCUT2D eigenvalue weighted by molar-refractivity contribution is 6.08. The SMILES string of the molecule is CC(=O)c1c(-c2cccc(C(F)(F)F)c2)nc2occn12.CN(C)C=CC(=O)c1c(-c2cccc(C(F)(F)F)c2)nc2occn12.COC(OC)N(C)C. The van der Waals surface area contributed by atoms with Crippen molar-refractivity contribution in [3.8, 4) is 22.5 Å². The van der Waals surface area contributed by atoms with Crippen molar-refractivity contribution >= 4 is 23.3 Å². The highest BCUT2D eigenvalue weighted by Crippen LogP contribution is 2.35. The number of carbonyl (C=O) groups excluding carboxylic acids is 2.